The number of carbonyl (C=O) groups is 3. The normalized spacial score (nSPS) is 21.2. The largest absolute Gasteiger partial charge is 0.496 e. The monoisotopic (exact) mass is 936 g/mol. The Morgan fingerprint density at radius 2 is 1.78 bits per heavy atom. The van der Waals surface area contributed by atoms with Crippen LogP contribution in [0.25, 0.3) is 21.6 Å². The fraction of sp³-hybridized carbons (Fsp3) is 0.468. The molecule has 0 radical (unpaired) electrons. The Kier molecular flexibility index (Phi) is 14.0. The van der Waals surface area contributed by atoms with Crippen LogP contribution in [0.4, 0.5) is 18.9 Å². The fourth-order valence-corrected chi connectivity index (χ4v) is 10.6. The van der Waals surface area contributed by atoms with Gasteiger partial charge in [-0.15, -0.1) is 24.5 Å². The van der Waals surface area contributed by atoms with Crippen LogP contribution in [0, 0.1) is 12.8 Å². The highest BCUT2D eigenvalue weighted by atomic mass is 32.2. The van der Waals surface area contributed by atoms with E-state index in [0.717, 1.165) is 42.7 Å². The van der Waals surface area contributed by atoms with E-state index in [1.165, 1.54) is 34.4 Å². The molecule has 18 heteroatoms. The molecular weight excluding hydrogens is 882 g/mol. The molecule has 3 heterocycles. The minimum atomic E-state index is -4.56. The van der Waals surface area contributed by atoms with E-state index in [4.69, 9.17) is 19.4 Å². The lowest BCUT2D eigenvalue weighted by Gasteiger charge is -2.30. The first-order chi connectivity index (χ1) is 30.9. The number of nitrogens with one attached hydrogen (secondary N) is 3. The van der Waals surface area contributed by atoms with Gasteiger partial charge >= 0.3 is 6.18 Å². The lowest BCUT2D eigenvalue weighted by atomic mass is 10.0. The maximum absolute atomic E-state index is 15.0. The number of aryl methyl sites for hydroxylation is 1. The number of ether oxygens (including phenoxy) is 2. The zero-order chi connectivity index (χ0) is 46.8. The number of nitrogens with zero attached hydrogens (tertiary/aromatic N) is 3. The maximum atomic E-state index is 15.0. The molecule has 2 aliphatic carbocycles. The van der Waals surface area contributed by atoms with E-state index in [9.17, 15) is 36.0 Å². The van der Waals surface area contributed by atoms with Crippen molar-refractivity contribution in [3.63, 3.8) is 0 Å². The van der Waals surface area contributed by atoms with Crippen LogP contribution in [-0.4, -0.2) is 83.6 Å². The van der Waals surface area contributed by atoms with Crippen LogP contribution in [0.15, 0.2) is 73.2 Å². The van der Waals surface area contributed by atoms with Crippen molar-refractivity contribution >= 4 is 55.7 Å². The number of rotatable bonds is 20. The van der Waals surface area contributed by atoms with Crippen LogP contribution >= 0.6 is 11.3 Å². The minimum absolute atomic E-state index is 0.0240. The van der Waals surface area contributed by atoms with Gasteiger partial charge in [-0.25, -0.2) is 18.4 Å². The number of fused-ring (bicyclic) bond motifs is 1. The Bertz CT molecular complexity index is 2560. The summed E-state index contributed by atoms with van der Waals surface area (Å²) in [6.07, 6.45) is 2.04. The summed E-state index contributed by atoms with van der Waals surface area (Å²) in [5, 5.41) is 8.58. The number of methoxy groups -OCH3 is 1. The molecule has 5 atom stereocenters. The molecule has 4 aromatic rings. The van der Waals surface area contributed by atoms with E-state index >= 15 is 0 Å². The Hall–Kier alpha value is -5.49. The van der Waals surface area contributed by atoms with Gasteiger partial charge in [-0.3, -0.25) is 19.1 Å². The summed E-state index contributed by atoms with van der Waals surface area (Å²) < 4.78 is 80.9. The minimum Gasteiger partial charge on any atom is -0.496 e. The number of sulfonamides is 1. The van der Waals surface area contributed by atoms with E-state index in [0.29, 0.717) is 52.4 Å². The molecule has 1 saturated heterocycles. The Balaban J connectivity index is 1.24. The van der Waals surface area contributed by atoms with Crippen molar-refractivity contribution in [2.24, 2.45) is 5.92 Å². The number of hydrogen-bond donors (Lipinski definition) is 3. The van der Waals surface area contributed by atoms with Crippen LogP contribution < -0.4 is 24.8 Å². The molecule has 7 rings (SSSR count). The highest BCUT2D eigenvalue weighted by molar-refractivity contribution is 7.91. The molecular formula is C47H55F3N6O7S2. The van der Waals surface area contributed by atoms with Crippen molar-refractivity contribution in [3.05, 3.63) is 90.0 Å². The zero-order valence-corrected chi connectivity index (χ0v) is 38.5. The highest BCUT2D eigenvalue weighted by Gasteiger charge is 2.62. The molecule has 1 aliphatic heterocycles. The smallest absolute Gasteiger partial charge is 0.416 e. The third-order valence-corrected chi connectivity index (χ3v) is 15.0. The number of carbonyl (C=O) groups excluding carboxylic acids is 3. The second-order valence-corrected chi connectivity index (χ2v) is 20.2. The van der Waals surface area contributed by atoms with E-state index in [-0.39, 0.29) is 37.4 Å². The Morgan fingerprint density at radius 3 is 2.40 bits per heavy atom. The second kappa shape index (κ2) is 19.2. The number of allylic oxidation sites excluding steroid dienone is 1. The van der Waals surface area contributed by atoms with Crippen molar-refractivity contribution in [2.45, 2.75) is 120 Å². The van der Waals surface area contributed by atoms with Gasteiger partial charge in [0.2, 0.25) is 21.8 Å². The average molecular weight is 937 g/mol. The van der Waals surface area contributed by atoms with E-state index in [1.54, 1.807) is 25.3 Å². The van der Waals surface area contributed by atoms with Crippen molar-refractivity contribution in [1.29, 1.82) is 0 Å². The number of likely N-dealkylation sites (tertiary alicyclic amines) is 1. The molecule has 3 amide bonds. The summed E-state index contributed by atoms with van der Waals surface area (Å²) in [5.41, 5.74) is 0.637. The highest BCUT2D eigenvalue weighted by Crippen LogP contribution is 2.46. The summed E-state index contributed by atoms with van der Waals surface area (Å²) in [7, 11) is -2.40. The van der Waals surface area contributed by atoms with Gasteiger partial charge in [0.15, 0.2) is 0 Å². The van der Waals surface area contributed by atoms with Crippen molar-refractivity contribution in [2.75, 3.05) is 19.0 Å². The predicted octanol–water partition coefficient (Wildman–Crippen LogP) is 8.45. The summed E-state index contributed by atoms with van der Waals surface area (Å²) in [6.45, 7) is 13.5. The standard InChI is InChI=1S/C47H55F3N6O7S2/c1-7-9-10-11-12-13-35(51-31-16-14-30(15-17-31)47(48,49)50)44(58)56-25-32(22-38(56)42(57)54-46(24-29(46)8-2)45(59)55-65(60,61)33-18-19-33)63-40-23-36(43-53-37(26-64-43)27(3)4)52-41-28(5)39(62-6)21-20-34(40)41/h7-8,14-17,20-21,23,26-27,29,32-33,35,38,51H,1-2,9-13,18-19,22,24-25H2,3-6H3,(H,54,57)(H,55,59)/t29-,32-,35+,38+,46-/m1/s1. The number of aromatic nitrogens is 2. The van der Waals surface area contributed by atoms with Crippen molar-refractivity contribution in [3.8, 4) is 22.2 Å². The van der Waals surface area contributed by atoms with Gasteiger partial charge in [-0.05, 0) is 87.8 Å². The number of unbranched alkanes of at least 4 members (excludes halogenated alkanes) is 3. The van der Waals surface area contributed by atoms with Crippen molar-refractivity contribution in [1.82, 2.24) is 24.9 Å². The first kappa shape index (κ1) is 47.5. The molecule has 0 unspecified atom stereocenters. The fourth-order valence-electron chi connectivity index (χ4n) is 8.28. The molecule has 2 aromatic carbocycles. The van der Waals surface area contributed by atoms with E-state index in [1.807, 2.05) is 32.2 Å². The first-order valence-electron chi connectivity index (χ1n) is 21.9. The number of halogens is 3. The number of amides is 3. The van der Waals surface area contributed by atoms with Crippen LogP contribution in [-0.2, 0) is 30.6 Å². The quantitative estimate of drug-likeness (QED) is 0.0578. The van der Waals surface area contributed by atoms with Gasteiger partial charge in [0.1, 0.15) is 45.9 Å². The molecule has 3 N–H and O–H groups in total. The molecule has 2 saturated carbocycles. The van der Waals surface area contributed by atoms with Gasteiger partial charge in [0.25, 0.3) is 5.91 Å². The molecule has 13 nitrogen and oxygen atoms in total. The maximum Gasteiger partial charge on any atom is 0.416 e. The van der Waals surface area contributed by atoms with Crippen LogP contribution in [0.3, 0.4) is 0 Å². The third kappa shape index (κ3) is 10.5. The summed E-state index contributed by atoms with van der Waals surface area (Å²) in [4.78, 5) is 54.6. The molecule has 3 aliphatic rings. The first-order valence-corrected chi connectivity index (χ1v) is 24.3. The number of thiazole rings is 1. The van der Waals surface area contributed by atoms with Crippen molar-refractivity contribution < 1.29 is 45.4 Å². The van der Waals surface area contributed by atoms with Crippen LogP contribution in [0.5, 0.6) is 11.5 Å². The number of anilines is 1. The Labute approximate surface area is 381 Å². The number of hydrogen-bond acceptors (Lipinski definition) is 11. The molecule has 65 heavy (non-hydrogen) atoms. The lowest BCUT2D eigenvalue weighted by Crippen LogP contribution is -2.57. The molecule has 0 bridgehead atoms. The summed E-state index contributed by atoms with van der Waals surface area (Å²) in [6, 6.07) is 7.63. The molecule has 3 fully saturated rings. The topological polar surface area (TPSA) is 169 Å². The SMILES string of the molecule is C=CCCCCC[C@H](Nc1ccc(C(F)(F)F)cc1)C(=O)N1C[C@H](Oc2cc(-c3nc(C(C)C)cs3)nc3c(C)c(OC)ccc23)C[C@H]1C(=O)N[C@]1(C(=O)NS(=O)(=O)C2CC2)C[C@H]1C=C. The zero-order valence-electron chi connectivity index (χ0n) is 36.9. The van der Waals surface area contributed by atoms with Gasteiger partial charge < -0.3 is 25.0 Å². The Morgan fingerprint density at radius 1 is 1.05 bits per heavy atom. The van der Waals surface area contributed by atoms with Crippen LogP contribution in [0.2, 0.25) is 0 Å². The van der Waals surface area contributed by atoms with Gasteiger partial charge in [0.05, 0.1) is 35.7 Å². The summed E-state index contributed by atoms with van der Waals surface area (Å²) >= 11 is 1.44. The number of benzene rings is 2. The molecule has 0 spiro atoms. The number of alkyl halides is 3. The van der Waals surface area contributed by atoms with Crippen LogP contribution in [0.1, 0.15) is 94.4 Å². The van der Waals surface area contributed by atoms with Gasteiger partial charge in [-0.2, -0.15) is 13.2 Å². The number of pyridine rings is 1. The van der Waals surface area contributed by atoms with Gasteiger partial charge in [0, 0.05) is 40.4 Å². The van der Waals surface area contributed by atoms with Gasteiger partial charge in [-0.1, -0.05) is 38.8 Å². The summed E-state index contributed by atoms with van der Waals surface area (Å²) in [5.74, 6) is -1.44. The van der Waals surface area contributed by atoms with E-state index < -0.39 is 74.4 Å². The van der Waals surface area contributed by atoms with E-state index in [2.05, 4.69) is 28.5 Å². The lowest BCUT2D eigenvalue weighted by molar-refractivity contribution is -0.140. The molecule has 2 aromatic heterocycles. The second-order valence-electron chi connectivity index (χ2n) is 17.4. The predicted molar refractivity (Wildman–Crippen MR) is 244 cm³/mol. The molecule has 348 valence electrons. The average Bonchev–Trinajstić information content (AvgIpc) is 4.15. The third-order valence-electron chi connectivity index (χ3n) is 12.3.